The minimum atomic E-state index is -4.64. The van der Waals surface area contributed by atoms with E-state index in [2.05, 4.69) is 4.98 Å². The molecule has 0 aliphatic heterocycles. The Morgan fingerprint density at radius 2 is 2.00 bits per heavy atom. The van der Waals surface area contributed by atoms with Crippen LogP contribution in [0.1, 0.15) is 36.2 Å². The van der Waals surface area contributed by atoms with Crippen molar-refractivity contribution < 1.29 is 27.9 Å². The molecule has 1 fully saturated rings. The molecule has 1 aliphatic rings. The fourth-order valence-electron chi connectivity index (χ4n) is 3.24. The quantitative estimate of drug-likeness (QED) is 0.792. The minimum Gasteiger partial charge on any atom is -0.380 e. The standard InChI is InChI=1S/C16H23F3N4O3/c1-21(8-11-4-6-15(26,7-5-11)16(17,18)19)14(25)12-13(23(3)10-24)20-9-22(12)2/h9-11,26H,4-8H2,1-3H3. The molecule has 7 nitrogen and oxygen atoms in total. The van der Waals surface area contributed by atoms with Crippen LogP contribution in [0.5, 0.6) is 0 Å². The van der Waals surface area contributed by atoms with E-state index in [1.807, 2.05) is 0 Å². The molecule has 1 saturated carbocycles. The Morgan fingerprint density at radius 3 is 2.50 bits per heavy atom. The van der Waals surface area contributed by atoms with E-state index in [9.17, 15) is 27.9 Å². The van der Waals surface area contributed by atoms with Gasteiger partial charge < -0.3 is 19.5 Å². The number of imidazole rings is 1. The number of aryl methyl sites for hydroxylation is 1. The first-order valence-corrected chi connectivity index (χ1v) is 8.24. The molecular formula is C16H23F3N4O3. The van der Waals surface area contributed by atoms with E-state index in [4.69, 9.17) is 0 Å². The van der Waals surface area contributed by atoms with Gasteiger partial charge in [0.05, 0.1) is 6.33 Å². The summed E-state index contributed by atoms with van der Waals surface area (Å²) in [5, 5.41) is 9.72. The van der Waals surface area contributed by atoms with Crippen LogP contribution in [-0.2, 0) is 11.8 Å². The van der Waals surface area contributed by atoms with Crippen molar-refractivity contribution in [1.82, 2.24) is 14.5 Å². The Bertz CT molecular complexity index is 666. The predicted molar refractivity (Wildman–Crippen MR) is 87.6 cm³/mol. The van der Waals surface area contributed by atoms with Gasteiger partial charge in [0.1, 0.15) is 0 Å². The second-order valence-electron chi connectivity index (χ2n) is 6.90. The summed E-state index contributed by atoms with van der Waals surface area (Å²) in [5.74, 6) is -0.285. The molecule has 0 saturated heterocycles. The molecule has 1 heterocycles. The van der Waals surface area contributed by atoms with Crippen LogP contribution in [0, 0.1) is 5.92 Å². The van der Waals surface area contributed by atoms with Gasteiger partial charge in [-0.2, -0.15) is 13.2 Å². The Balaban J connectivity index is 2.04. The summed E-state index contributed by atoms with van der Waals surface area (Å²) in [4.78, 5) is 30.3. The monoisotopic (exact) mass is 376 g/mol. The van der Waals surface area contributed by atoms with Crippen LogP contribution >= 0.6 is 0 Å². The number of aromatic nitrogens is 2. The van der Waals surface area contributed by atoms with Crippen LogP contribution in [-0.4, -0.2) is 64.3 Å². The summed E-state index contributed by atoms with van der Waals surface area (Å²) in [5.41, 5.74) is -2.40. The second kappa shape index (κ2) is 7.26. The van der Waals surface area contributed by atoms with Gasteiger partial charge in [-0.3, -0.25) is 9.59 Å². The predicted octanol–water partition coefficient (Wildman–Crippen LogP) is 1.57. The summed E-state index contributed by atoms with van der Waals surface area (Å²) in [6.07, 6.45) is -3.05. The normalized spacial score (nSPS) is 23.6. The van der Waals surface area contributed by atoms with Gasteiger partial charge in [-0.05, 0) is 31.6 Å². The molecule has 1 aromatic heterocycles. The van der Waals surface area contributed by atoms with Crippen LogP contribution in [0.4, 0.5) is 19.0 Å². The molecule has 2 amide bonds. The average Bonchev–Trinajstić information content (AvgIpc) is 2.96. The second-order valence-corrected chi connectivity index (χ2v) is 6.90. The Morgan fingerprint density at radius 1 is 1.42 bits per heavy atom. The lowest BCUT2D eigenvalue weighted by atomic mass is 9.78. The van der Waals surface area contributed by atoms with Gasteiger partial charge in [0.2, 0.25) is 6.41 Å². The van der Waals surface area contributed by atoms with Gasteiger partial charge >= 0.3 is 6.18 Å². The maximum Gasteiger partial charge on any atom is 0.417 e. The molecular weight excluding hydrogens is 353 g/mol. The first-order valence-electron chi connectivity index (χ1n) is 8.24. The Kier molecular flexibility index (Phi) is 5.64. The van der Waals surface area contributed by atoms with Crippen LogP contribution in [0.25, 0.3) is 0 Å². The maximum absolute atomic E-state index is 12.9. The number of hydrogen-bond donors (Lipinski definition) is 1. The lowest BCUT2D eigenvalue weighted by Gasteiger charge is -2.38. The summed E-state index contributed by atoms with van der Waals surface area (Å²) in [6.45, 7) is 0.266. The fourth-order valence-corrected chi connectivity index (χ4v) is 3.24. The number of hydrogen-bond acceptors (Lipinski definition) is 4. The van der Waals surface area contributed by atoms with Crippen LogP contribution in [0.15, 0.2) is 6.33 Å². The third-order valence-electron chi connectivity index (χ3n) is 4.95. The number of aliphatic hydroxyl groups is 1. The molecule has 2 rings (SSSR count). The zero-order valence-corrected chi connectivity index (χ0v) is 15.0. The van der Waals surface area contributed by atoms with Crippen molar-refractivity contribution in [1.29, 1.82) is 0 Å². The third kappa shape index (κ3) is 3.84. The molecule has 26 heavy (non-hydrogen) atoms. The lowest BCUT2D eigenvalue weighted by Crippen LogP contribution is -2.48. The first kappa shape index (κ1) is 20.2. The summed E-state index contributed by atoms with van der Waals surface area (Å²) in [7, 11) is 4.66. The smallest absolute Gasteiger partial charge is 0.380 e. The average molecular weight is 376 g/mol. The highest BCUT2D eigenvalue weighted by molar-refractivity contribution is 5.99. The molecule has 1 aliphatic carbocycles. The van der Waals surface area contributed by atoms with Crippen molar-refractivity contribution >= 4 is 18.1 Å². The molecule has 0 atom stereocenters. The molecule has 0 spiro atoms. The van der Waals surface area contributed by atoms with Crippen molar-refractivity contribution in [3.05, 3.63) is 12.0 Å². The van der Waals surface area contributed by atoms with Crippen molar-refractivity contribution in [2.45, 2.75) is 37.5 Å². The van der Waals surface area contributed by atoms with E-state index in [-0.39, 0.29) is 55.6 Å². The zero-order chi connectivity index (χ0) is 19.7. The summed E-state index contributed by atoms with van der Waals surface area (Å²) < 4.78 is 40.1. The molecule has 1 N–H and O–H groups in total. The topological polar surface area (TPSA) is 78.7 Å². The number of rotatable bonds is 5. The van der Waals surface area contributed by atoms with Gasteiger partial charge in [-0.25, -0.2) is 4.98 Å². The maximum atomic E-state index is 12.9. The number of alkyl halides is 3. The highest BCUT2D eigenvalue weighted by Gasteiger charge is 2.54. The third-order valence-corrected chi connectivity index (χ3v) is 4.95. The van der Waals surface area contributed by atoms with Crippen LogP contribution < -0.4 is 4.90 Å². The van der Waals surface area contributed by atoms with E-state index >= 15 is 0 Å². The highest BCUT2D eigenvalue weighted by Crippen LogP contribution is 2.43. The molecule has 0 unspecified atom stereocenters. The molecule has 10 heteroatoms. The van der Waals surface area contributed by atoms with Crippen molar-refractivity contribution in [2.75, 3.05) is 25.5 Å². The zero-order valence-electron chi connectivity index (χ0n) is 15.0. The first-order chi connectivity index (χ1) is 12.0. The SMILES string of the molecule is CN(CC1CCC(O)(C(F)(F)F)CC1)C(=O)c1c(N(C)C=O)ncn1C. The molecule has 146 valence electrons. The molecule has 0 radical (unpaired) electrons. The number of amides is 2. The number of nitrogens with zero attached hydrogens (tertiary/aromatic N) is 4. The van der Waals surface area contributed by atoms with Gasteiger partial charge in [-0.15, -0.1) is 0 Å². The van der Waals surface area contributed by atoms with Gasteiger partial charge in [-0.1, -0.05) is 0 Å². The number of anilines is 1. The lowest BCUT2D eigenvalue weighted by molar-refractivity contribution is -0.272. The summed E-state index contributed by atoms with van der Waals surface area (Å²) in [6, 6.07) is 0. The largest absolute Gasteiger partial charge is 0.417 e. The molecule has 0 aromatic carbocycles. The van der Waals surface area contributed by atoms with Crippen LogP contribution in [0.2, 0.25) is 0 Å². The van der Waals surface area contributed by atoms with Crippen molar-refractivity contribution in [3.8, 4) is 0 Å². The van der Waals surface area contributed by atoms with E-state index in [1.54, 1.807) is 14.1 Å². The highest BCUT2D eigenvalue weighted by atomic mass is 19.4. The number of halogens is 3. The van der Waals surface area contributed by atoms with Gasteiger partial charge in [0.15, 0.2) is 17.1 Å². The molecule has 0 bridgehead atoms. The fraction of sp³-hybridized carbons (Fsp3) is 0.688. The molecule has 1 aromatic rings. The van der Waals surface area contributed by atoms with E-state index in [0.29, 0.717) is 6.41 Å². The number of carbonyl (C=O) groups excluding carboxylic acids is 2. The van der Waals surface area contributed by atoms with Crippen LogP contribution in [0.3, 0.4) is 0 Å². The van der Waals surface area contributed by atoms with E-state index in [0.717, 1.165) is 0 Å². The van der Waals surface area contributed by atoms with E-state index < -0.39 is 11.8 Å². The Hall–Kier alpha value is -2.10. The van der Waals surface area contributed by atoms with Gasteiger partial charge in [0, 0.05) is 27.7 Å². The Labute approximate surface area is 149 Å². The van der Waals surface area contributed by atoms with E-state index in [1.165, 1.54) is 27.7 Å². The number of carbonyl (C=O) groups is 2. The minimum absolute atomic E-state index is 0.132. The van der Waals surface area contributed by atoms with Gasteiger partial charge in [0.25, 0.3) is 5.91 Å². The van der Waals surface area contributed by atoms with Crippen molar-refractivity contribution in [2.24, 2.45) is 13.0 Å². The van der Waals surface area contributed by atoms with Crippen molar-refractivity contribution in [3.63, 3.8) is 0 Å². The summed E-state index contributed by atoms with van der Waals surface area (Å²) >= 11 is 0.